The molecule has 0 spiro atoms. The van der Waals surface area contributed by atoms with Crippen molar-refractivity contribution in [3.05, 3.63) is 35.9 Å². The molecule has 4 nitrogen and oxygen atoms in total. The van der Waals surface area contributed by atoms with E-state index < -0.39 is 11.4 Å². The topological polar surface area (TPSA) is 57.6 Å². The fourth-order valence-electron chi connectivity index (χ4n) is 2.10. The summed E-state index contributed by atoms with van der Waals surface area (Å²) in [6.07, 6.45) is -0.0198. The smallest absolute Gasteiger partial charge is 0.314 e. The zero-order valence-corrected chi connectivity index (χ0v) is 11.7. The Balaban J connectivity index is 3.02. The van der Waals surface area contributed by atoms with Gasteiger partial charge in [-0.25, -0.2) is 0 Å². The third-order valence-electron chi connectivity index (χ3n) is 3.50. The predicted octanol–water partition coefficient (Wildman–Crippen LogP) is 2.29. The second kappa shape index (κ2) is 6.36. The van der Waals surface area contributed by atoms with Crippen molar-refractivity contribution in [3.8, 4) is 0 Å². The third kappa shape index (κ3) is 3.34. The molecule has 4 heteroatoms. The number of benzene rings is 1. The Morgan fingerprint density at radius 3 is 2.11 bits per heavy atom. The summed E-state index contributed by atoms with van der Waals surface area (Å²) in [4.78, 5) is 25.4. The fourth-order valence-corrected chi connectivity index (χ4v) is 2.10. The Morgan fingerprint density at radius 1 is 1.16 bits per heavy atom. The highest BCUT2D eigenvalue weighted by Crippen LogP contribution is 2.28. The Morgan fingerprint density at radius 2 is 1.68 bits per heavy atom. The van der Waals surface area contributed by atoms with E-state index in [1.54, 1.807) is 36.1 Å². The zero-order valence-electron chi connectivity index (χ0n) is 11.7. The number of nitrogens with zero attached hydrogens (tertiary/aromatic N) is 1. The maximum absolute atomic E-state index is 12.2. The lowest BCUT2D eigenvalue weighted by Crippen LogP contribution is -2.40. The van der Waals surface area contributed by atoms with Crippen LogP contribution in [0.15, 0.2) is 30.3 Å². The van der Waals surface area contributed by atoms with Gasteiger partial charge in [0.25, 0.3) is 0 Å². The number of amides is 1. The second-order valence-electron chi connectivity index (χ2n) is 4.75. The minimum Gasteiger partial charge on any atom is -0.481 e. The molecular formula is C15H21NO3. The predicted molar refractivity (Wildman–Crippen MR) is 74.0 cm³/mol. The van der Waals surface area contributed by atoms with Crippen LogP contribution in [0.4, 0.5) is 0 Å². The third-order valence-corrected chi connectivity index (χ3v) is 3.50. The quantitative estimate of drug-likeness (QED) is 0.856. The van der Waals surface area contributed by atoms with Crippen LogP contribution in [0.3, 0.4) is 0 Å². The first-order valence-electron chi connectivity index (χ1n) is 6.52. The molecular weight excluding hydrogens is 242 g/mol. The maximum atomic E-state index is 12.2. The number of rotatable bonds is 6. The summed E-state index contributed by atoms with van der Waals surface area (Å²) in [6.45, 7) is 6.58. The van der Waals surface area contributed by atoms with Gasteiger partial charge in [-0.15, -0.1) is 0 Å². The Labute approximate surface area is 114 Å². The molecule has 104 valence electrons. The van der Waals surface area contributed by atoms with Crippen LogP contribution in [0.1, 0.15) is 32.8 Å². The van der Waals surface area contributed by atoms with Gasteiger partial charge in [-0.05, 0) is 26.3 Å². The van der Waals surface area contributed by atoms with Gasteiger partial charge in [0.15, 0.2) is 0 Å². The summed E-state index contributed by atoms with van der Waals surface area (Å²) in [6, 6.07) is 8.92. The molecule has 0 aliphatic rings. The highest BCUT2D eigenvalue weighted by atomic mass is 16.4. The van der Waals surface area contributed by atoms with Crippen LogP contribution >= 0.6 is 0 Å². The number of carbonyl (C=O) groups excluding carboxylic acids is 1. The first-order chi connectivity index (χ1) is 8.95. The van der Waals surface area contributed by atoms with Gasteiger partial charge in [0.05, 0.1) is 5.41 Å². The molecule has 0 heterocycles. The average Bonchev–Trinajstić information content (AvgIpc) is 2.40. The van der Waals surface area contributed by atoms with Crippen molar-refractivity contribution < 1.29 is 14.7 Å². The number of hydrogen-bond donors (Lipinski definition) is 1. The monoisotopic (exact) mass is 263 g/mol. The number of carbonyl (C=O) groups is 2. The first-order valence-corrected chi connectivity index (χ1v) is 6.52. The van der Waals surface area contributed by atoms with Crippen molar-refractivity contribution >= 4 is 11.9 Å². The molecule has 0 bridgehead atoms. The molecule has 1 amide bonds. The van der Waals surface area contributed by atoms with Gasteiger partial charge >= 0.3 is 5.97 Å². The van der Waals surface area contributed by atoms with Crippen LogP contribution in [0.5, 0.6) is 0 Å². The normalized spacial score (nSPS) is 13.6. The van der Waals surface area contributed by atoms with E-state index in [9.17, 15) is 14.7 Å². The van der Waals surface area contributed by atoms with Gasteiger partial charge in [-0.2, -0.15) is 0 Å². The van der Waals surface area contributed by atoms with Gasteiger partial charge in [-0.3, -0.25) is 9.59 Å². The first kappa shape index (κ1) is 15.2. The number of hydrogen-bond acceptors (Lipinski definition) is 2. The molecule has 0 saturated carbocycles. The lowest BCUT2D eigenvalue weighted by Gasteiger charge is -2.28. The molecule has 0 aliphatic carbocycles. The van der Waals surface area contributed by atoms with Crippen LogP contribution in [0.25, 0.3) is 0 Å². The summed E-state index contributed by atoms with van der Waals surface area (Å²) < 4.78 is 0. The van der Waals surface area contributed by atoms with E-state index in [1.807, 2.05) is 19.9 Å². The number of carboxylic acid groups (broad SMARTS) is 1. The molecule has 19 heavy (non-hydrogen) atoms. The van der Waals surface area contributed by atoms with Crippen molar-refractivity contribution in [2.24, 2.45) is 0 Å². The highest BCUT2D eigenvalue weighted by Gasteiger charge is 2.38. The van der Waals surface area contributed by atoms with Crippen LogP contribution in [-0.2, 0) is 15.0 Å². The molecule has 0 aliphatic heterocycles. The molecule has 1 rings (SSSR count). The van der Waals surface area contributed by atoms with Crippen LogP contribution < -0.4 is 0 Å². The summed E-state index contributed by atoms with van der Waals surface area (Å²) in [5.74, 6) is -1.10. The van der Waals surface area contributed by atoms with Gasteiger partial charge in [0.1, 0.15) is 0 Å². The van der Waals surface area contributed by atoms with E-state index in [-0.39, 0.29) is 12.3 Å². The number of aliphatic carboxylic acids is 1. The SMILES string of the molecule is CCN(CC)C(=O)CC(C)(C(=O)O)c1ccccc1. The molecule has 1 atom stereocenters. The van der Waals surface area contributed by atoms with E-state index in [0.717, 1.165) is 0 Å². The Bertz CT molecular complexity index is 440. The van der Waals surface area contributed by atoms with Gasteiger partial charge in [0, 0.05) is 19.5 Å². The summed E-state index contributed by atoms with van der Waals surface area (Å²) >= 11 is 0. The molecule has 0 aromatic heterocycles. The Hall–Kier alpha value is -1.84. The van der Waals surface area contributed by atoms with Crippen LogP contribution in [-0.4, -0.2) is 35.0 Å². The average molecular weight is 263 g/mol. The lowest BCUT2D eigenvalue weighted by molar-refractivity contribution is -0.147. The zero-order chi connectivity index (χ0) is 14.5. The molecule has 1 N–H and O–H groups in total. The van der Waals surface area contributed by atoms with Crippen molar-refractivity contribution in [2.45, 2.75) is 32.6 Å². The van der Waals surface area contributed by atoms with Gasteiger partial charge < -0.3 is 10.0 Å². The van der Waals surface area contributed by atoms with E-state index in [1.165, 1.54) is 0 Å². The molecule has 1 aromatic carbocycles. The second-order valence-corrected chi connectivity index (χ2v) is 4.75. The van der Waals surface area contributed by atoms with Crippen LogP contribution in [0.2, 0.25) is 0 Å². The van der Waals surface area contributed by atoms with Crippen LogP contribution in [0, 0.1) is 0 Å². The van der Waals surface area contributed by atoms with E-state index in [0.29, 0.717) is 18.7 Å². The molecule has 1 aromatic rings. The lowest BCUT2D eigenvalue weighted by atomic mass is 9.79. The minimum absolute atomic E-state index is 0.0198. The summed E-state index contributed by atoms with van der Waals surface area (Å²) in [5, 5.41) is 9.49. The summed E-state index contributed by atoms with van der Waals surface area (Å²) in [5.41, 5.74) is -0.524. The van der Waals surface area contributed by atoms with E-state index >= 15 is 0 Å². The molecule has 0 fully saturated rings. The van der Waals surface area contributed by atoms with Crippen molar-refractivity contribution in [1.29, 1.82) is 0 Å². The highest BCUT2D eigenvalue weighted by molar-refractivity contribution is 5.89. The van der Waals surface area contributed by atoms with Gasteiger partial charge in [-0.1, -0.05) is 30.3 Å². The van der Waals surface area contributed by atoms with Crippen molar-refractivity contribution in [3.63, 3.8) is 0 Å². The number of carboxylic acids is 1. The van der Waals surface area contributed by atoms with Crippen molar-refractivity contribution in [2.75, 3.05) is 13.1 Å². The largest absolute Gasteiger partial charge is 0.481 e. The molecule has 0 radical (unpaired) electrons. The molecule has 1 unspecified atom stereocenters. The maximum Gasteiger partial charge on any atom is 0.314 e. The molecule has 0 saturated heterocycles. The van der Waals surface area contributed by atoms with Crippen molar-refractivity contribution in [1.82, 2.24) is 4.90 Å². The summed E-state index contributed by atoms with van der Waals surface area (Å²) in [7, 11) is 0. The van der Waals surface area contributed by atoms with Gasteiger partial charge in [0.2, 0.25) is 5.91 Å². The fraction of sp³-hybridized carbons (Fsp3) is 0.467. The minimum atomic E-state index is -1.18. The van der Waals surface area contributed by atoms with E-state index in [4.69, 9.17) is 0 Å². The Kier molecular flexibility index (Phi) is 5.10. The van der Waals surface area contributed by atoms with E-state index in [2.05, 4.69) is 0 Å². The standard InChI is InChI=1S/C15H21NO3/c1-4-16(5-2)13(17)11-15(3,14(18)19)12-9-7-6-8-10-12/h6-10H,4-5,11H2,1-3H3,(H,18,19).